The maximum Gasteiger partial charge on any atom is 0.416 e. The molecule has 2 amide bonds. The summed E-state index contributed by atoms with van der Waals surface area (Å²) in [5, 5.41) is 23.8. The van der Waals surface area contributed by atoms with Gasteiger partial charge in [-0.2, -0.15) is 13.2 Å². The average molecular weight is 616 g/mol. The van der Waals surface area contributed by atoms with Crippen molar-refractivity contribution < 1.29 is 33.0 Å². The Labute approximate surface area is 255 Å². The molecule has 3 aliphatic heterocycles. The highest BCUT2D eigenvalue weighted by Gasteiger charge is 2.48. The number of anilines is 1. The van der Waals surface area contributed by atoms with Gasteiger partial charge in [-0.3, -0.25) is 19.5 Å². The summed E-state index contributed by atoms with van der Waals surface area (Å²) >= 11 is 0. The van der Waals surface area contributed by atoms with Crippen molar-refractivity contribution in [3.63, 3.8) is 0 Å². The first kappa shape index (κ1) is 30.8. The second-order valence-corrected chi connectivity index (χ2v) is 12.7. The van der Waals surface area contributed by atoms with E-state index in [0.29, 0.717) is 31.1 Å². The van der Waals surface area contributed by atoms with Crippen LogP contribution in [-0.4, -0.2) is 93.8 Å². The lowest BCUT2D eigenvalue weighted by atomic mass is 9.79. The molecule has 1 aromatic heterocycles. The number of likely N-dealkylation sites (tertiary alicyclic amines) is 2. The Morgan fingerprint density at radius 3 is 2.36 bits per heavy atom. The monoisotopic (exact) mass is 615 g/mol. The minimum absolute atomic E-state index is 0.0406. The van der Waals surface area contributed by atoms with E-state index in [1.807, 2.05) is 23.2 Å². The second kappa shape index (κ2) is 12.3. The zero-order valence-electron chi connectivity index (χ0n) is 24.7. The number of carbonyl (C=O) groups is 2. The molecule has 238 valence electrons. The molecule has 2 aromatic rings. The summed E-state index contributed by atoms with van der Waals surface area (Å²) in [4.78, 5) is 36.7. The molecule has 1 saturated carbocycles. The van der Waals surface area contributed by atoms with Gasteiger partial charge in [0.05, 0.1) is 35.8 Å². The molecule has 3 saturated heterocycles. The molecule has 0 radical (unpaired) electrons. The standard InChI is InChI=1S/C32H40F3N5O4/c33-32(34,35)22-3-1-2-21(18-22)30(43)37-20-29(42)40-17-11-26-27(40)10-16-39(26)23-6-12-31(44,13-7-23)28-5-4-24(19-36-28)38-14-8-25(41)9-15-38/h1-5,18-19,23,25-27,41,44H,6-17,20H2,(H,37,43)/t23-,26?,27?,31+. The topological polar surface area (TPSA) is 109 Å². The van der Waals surface area contributed by atoms with Gasteiger partial charge in [0, 0.05) is 49.9 Å². The largest absolute Gasteiger partial charge is 0.416 e. The van der Waals surface area contributed by atoms with Crippen molar-refractivity contribution in [2.45, 2.75) is 87.4 Å². The smallest absolute Gasteiger partial charge is 0.393 e. The summed E-state index contributed by atoms with van der Waals surface area (Å²) in [7, 11) is 0. The van der Waals surface area contributed by atoms with Crippen LogP contribution in [0.25, 0.3) is 0 Å². The van der Waals surface area contributed by atoms with Gasteiger partial charge >= 0.3 is 6.18 Å². The van der Waals surface area contributed by atoms with Gasteiger partial charge in [0.25, 0.3) is 5.91 Å². The van der Waals surface area contributed by atoms with E-state index in [0.717, 1.165) is 76.0 Å². The number of nitrogens with one attached hydrogen (secondary N) is 1. The molecular formula is C32H40F3N5O4. The predicted molar refractivity (Wildman–Crippen MR) is 157 cm³/mol. The fraction of sp³-hybridized carbons (Fsp3) is 0.594. The average Bonchev–Trinajstić information content (AvgIpc) is 3.63. The third kappa shape index (κ3) is 6.29. The van der Waals surface area contributed by atoms with Crippen LogP contribution < -0.4 is 10.2 Å². The molecule has 0 bridgehead atoms. The maximum atomic E-state index is 13.1. The van der Waals surface area contributed by atoms with E-state index in [-0.39, 0.29) is 36.2 Å². The number of halogens is 3. The van der Waals surface area contributed by atoms with Gasteiger partial charge in [-0.15, -0.1) is 0 Å². The molecule has 4 aliphatic rings. The molecular weight excluding hydrogens is 575 g/mol. The van der Waals surface area contributed by atoms with E-state index in [1.165, 1.54) is 12.1 Å². The van der Waals surface area contributed by atoms with Crippen molar-refractivity contribution in [1.82, 2.24) is 20.1 Å². The number of alkyl halides is 3. The Morgan fingerprint density at radius 1 is 0.955 bits per heavy atom. The molecule has 2 atom stereocenters. The van der Waals surface area contributed by atoms with Gasteiger partial charge in [0.2, 0.25) is 5.91 Å². The number of aromatic nitrogens is 1. The van der Waals surface area contributed by atoms with E-state index in [9.17, 15) is 33.0 Å². The molecule has 2 unspecified atom stereocenters. The lowest BCUT2D eigenvalue weighted by Gasteiger charge is -2.41. The summed E-state index contributed by atoms with van der Waals surface area (Å²) in [6.07, 6.45) is 3.07. The van der Waals surface area contributed by atoms with Crippen LogP contribution in [0.15, 0.2) is 42.6 Å². The fourth-order valence-corrected chi connectivity index (χ4v) is 7.62. The number of hydrogen-bond donors (Lipinski definition) is 3. The van der Waals surface area contributed by atoms with Crippen molar-refractivity contribution in [1.29, 1.82) is 0 Å². The van der Waals surface area contributed by atoms with E-state index in [1.54, 1.807) is 0 Å². The van der Waals surface area contributed by atoms with Gasteiger partial charge in [0.15, 0.2) is 0 Å². The number of aliphatic hydroxyl groups excluding tert-OH is 1. The molecule has 4 heterocycles. The minimum Gasteiger partial charge on any atom is -0.393 e. The molecule has 1 aliphatic carbocycles. The van der Waals surface area contributed by atoms with Crippen LogP contribution in [0.3, 0.4) is 0 Å². The number of hydrogen-bond acceptors (Lipinski definition) is 7. The van der Waals surface area contributed by atoms with E-state index in [2.05, 4.69) is 20.1 Å². The van der Waals surface area contributed by atoms with E-state index in [4.69, 9.17) is 0 Å². The van der Waals surface area contributed by atoms with Crippen molar-refractivity contribution in [3.8, 4) is 0 Å². The van der Waals surface area contributed by atoms with Crippen LogP contribution in [0.2, 0.25) is 0 Å². The summed E-state index contributed by atoms with van der Waals surface area (Å²) in [5.41, 5.74) is -0.306. The lowest BCUT2D eigenvalue weighted by Crippen LogP contribution is -2.47. The number of nitrogens with zero attached hydrogens (tertiary/aromatic N) is 4. The number of amides is 2. The van der Waals surface area contributed by atoms with Gasteiger partial charge in [-0.25, -0.2) is 0 Å². The number of carbonyl (C=O) groups excluding carboxylic acids is 2. The Kier molecular flexibility index (Phi) is 8.60. The van der Waals surface area contributed by atoms with Crippen LogP contribution in [-0.2, 0) is 16.6 Å². The highest BCUT2D eigenvalue weighted by molar-refractivity contribution is 5.96. The van der Waals surface area contributed by atoms with Crippen molar-refractivity contribution in [3.05, 3.63) is 59.4 Å². The number of piperidine rings is 1. The zero-order chi connectivity index (χ0) is 31.1. The van der Waals surface area contributed by atoms with Crippen molar-refractivity contribution >= 4 is 17.5 Å². The van der Waals surface area contributed by atoms with Gasteiger partial charge in [0.1, 0.15) is 5.60 Å². The third-order valence-corrected chi connectivity index (χ3v) is 10.1. The Hall–Kier alpha value is -3.22. The van der Waals surface area contributed by atoms with Gasteiger partial charge < -0.3 is 25.3 Å². The molecule has 44 heavy (non-hydrogen) atoms. The molecule has 9 nitrogen and oxygen atoms in total. The summed E-state index contributed by atoms with van der Waals surface area (Å²) in [6.45, 7) is 2.76. The molecule has 3 N–H and O–H groups in total. The number of pyridine rings is 1. The molecule has 6 rings (SSSR count). The number of rotatable bonds is 6. The van der Waals surface area contributed by atoms with Crippen LogP contribution in [0.4, 0.5) is 18.9 Å². The van der Waals surface area contributed by atoms with Crippen molar-refractivity contribution in [2.75, 3.05) is 37.6 Å². The Bertz CT molecular complexity index is 1340. The quantitative estimate of drug-likeness (QED) is 0.458. The van der Waals surface area contributed by atoms with E-state index < -0.39 is 23.2 Å². The first-order chi connectivity index (χ1) is 21.0. The Morgan fingerprint density at radius 2 is 1.68 bits per heavy atom. The highest BCUT2D eigenvalue weighted by Crippen LogP contribution is 2.42. The van der Waals surface area contributed by atoms with Gasteiger partial charge in [-0.1, -0.05) is 6.07 Å². The summed E-state index contributed by atoms with van der Waals surface area (Å²) in [5.74, 6) is -0.939. The number of benzene rings is 1. The third-order valence-electron chi connectivity index (χ3n) is 10.1. The fourth-order valence-electron chi connectivity index (χ4n) is 7.62. The predicted octanol–water partition coefficient (Wildman–Crippen LogP) is 3.30. The maximum absolute atomic E-state index is 13.1. The minimum atomic E-state index is -4.55. The van der Waals surface area contributed by atoms with Crippen LogP contribution >= 0.6 is 0 Å². The number of aliphatic hydroxyl groups is 2. The molecule has 0 spiro atoms. The van der Waals surface area contributed by atoms with Crippen LogP contribution in [0.5, 0.6) is 0 Å². The first-order valence-corrected chi connectivity index (χ1v) is 15.6. The van der Waals surface area contributed by atoms with Gasteiger partial charge in [-0.05, 0) is 81.7 Å². The highest BCUT2D eigenvalue weighted by atomic mass is 19.4. The molecule has 12 heteroatoms. The SMILES string of the molecule is O=C(NCC(=O)N1CCC2C1CCN2[C@H]1CC[C@](O)(c2ccc(N3CCC(O)CC3)cn2)CC1)c1cccc(C(F)(F)F)c1. The normalized spacial score (nSPS) is 28.2. The lowest BCUT2D eigenvalue weighted by molar-refractivity contribution is -0.137. The molecule has 1 aromatic carbocycles. The first-order valence-electron chi connectivity index (χ1n) is 15.6. The summed E-state index contributed by atoms with van der Waals surface area (Å²) in [6, 6.07) is 8.69. The Balaban J connectivity index is 0.997. The molecule has 4 fully saturated rings. The van der Waals surface area contributed by atoms with Crippen molar-refractivity contribution in [2.24, 2.45) is 0 Å². The van der Waals surface area contributed by atoms with E-state index >= 15 is 0 Å². The number of fused-ring (bicyclic) bond motifs is 1. The van der Waals surface area contributed by atoms with Crippen LogP contribution in [0.1, 0.15) is 73.0 Å². The summed E-state index contributed by atoms with van der Waals surface area (Å²) < 4.78 is 39.1. The van der Waals surface area contributed by atoms with Crippen LogP contribution in [0, 0.1) is 0 Å². The zero-order valence-corrected chi connectivity index (χ0v) is 24.7. The second-order valence-electron chi connectivity index (χ2n) is 12.7.